The fourth-order valence-corrected chi connectivity index (χ4v) is 3.72. The van der Waals surface area contributed by atoms with E-state index in [9.17, 15) is 13.6 Å². The average molecular weight is 412 g/mol. The second kappa shape index (κ2) is 7.51. The zero-order valence-corrected chi connectivity index (χ0v) is 16.2. The van der Waals surface area contributed by atoms with Gasteiger partial charge in [0, 0.05) is 0 Å². The van der Waals surface area contributed by atoms with E-state index in [1.807, 2.05) is 31.2 Å². The van der Waals surface area contributed by atoms with Gasteiger partial charge in [0.1, 0.15) is 22.9 Å². The van der Waals surface area contributed by atoms with Crippen LogP contribution < -0.4 is 5.32 Å². The van der Waals surface area contributed by atoms with Crippen molar-refractivity contribution in [2.45, 2.75) is 13.8 Å². The molecular weight excluding hydrogens is 398 g/mol. The molecule has 0 bridgehead atoms. The molecule has 1 amide bonds. The first kappa shape index (κ1) is 18.9. The maximum Gasteiger partial charge on any atom is 0.278 e. The summed E-state index contributed by atoms with van der Waals surface area (Å²) >= 11 is 1.14. The number of carbonyl (C=O) groups is 1. The number of aromatic nitrogens is 3. The fraction of sp³-hybridized carbons (Fsp3) is 0.100. The van der Waals surface area contributed by atoms with E-state index in [0.717, 1.165) is 34.6 Å². The van der Waals surface area contributed by atoms with Crippen molar-refractivity contribution in [1.29, 1.82) is 0 Å². The summed E-state index contributed by atoms with van der Waals surface area (Å²) in [6.45, 7) is 3.63. The van der Waals surface area contributed by atoms with E-state index in [1.165, 1.54) is 6.07 Å². The Morgan fingerprint density at radius 2 is 1.79 bits per heavy atom. The number of nitrogens with one attached hydrogen (secondary N) is 1. The summed E-state index contributed by atoms with van der Waals surface area (Å²) in [7, 11) is 0. The Hall–Kier alpha value is -3.46. The maximum absolute atomic E-state index is 13.9. The number of nitrogens with zero attached hydrogens (tertiary/aromatic N) is 3. The molecule has 0 atom stereocenters. The highest BCUT2D eigenvalue weighted by Gasteiger charge is 2.23. The molecule has 146 valence electrons. The maximum atomic E-state index is 13.9. The number of anilines is 1. The van der Waals surface area contributed by atoms with E-state index in [0.29, 0.717) is 16.4 Å². The van der Waals surface area contributed by atoms with Gasteiger partial charge in [-0.2, -0.15) is 4.98 Å². The van der Waals surface area contributed by atoms with Gasteiger partial charge in [0.2, 0.25) is 0 Å². The van der Waals surface area contributed by atoms with E-state index >= 15 is 0 Å². The summed E-state index contributed by atoms with van der Waals surface area (Å²) in [4.78, 5) is 21.7. The van der Waals surface area contributed by atoms with Crippen LogP contribution in [0.2, 0.25) is 0 Å². The lowest BCUT2D eigenvalue weighted by Gasteiger charge is -2.04. The smallest absolute Gasteiger partial charge is 0.278 e. The number of halogens is 2. The molecule has 0 saturated carbocycles. The lowest BCUT2D eigenvalue weighted by Crippen LogP contribution is -2.15. The van der Waals surface area contributed by atoms with Gasteiger partial charge in [0.15, 0.2) is 11.0 Å². The second-order valence-electron chi connectivity index (χ2n) is 6.26. The van der Waals surface area contributed by atoms with Crippen LogP contribution in [0.1, 0.15) is 21.7 Å². The predicted molar refractivity (Wildman–Crippen MR) is 105 cm³/mol. The minimum Gasteiger partial charge on any atom is -0.332 e. The largest absolute Gasteiger partial charge is 0.332 e. The summed E-state index contributed by atoms with van der Waals surface area (Å²) in [5.74, 6) is -2.22. The molecule has 0 unspecified atom stereocenters. The number of thiazole rings is 1. The average Bonchev–Trinajstić information content (AvgIpc) is 3.28. The molecule has 0 fully saturated rings. The molecule has 0 radical (unpaired) electrons. The highest BCUT2D eigenvalue weighted by molar-refractivity contribution is 7.19. The van der Waals surface area contributed by atoms with Gasteiger partial charge in [-0.3, -0.25) is 10.1 Å². The van der Waals surface area contributed by atoms with Crippen molar-refractivity contribution in [3.05, 3.63) is 71.1 Å². The van der Waals surface area contributed by atoms with Crippen molar-refractivity contribution in [3.8, 4) is 22.0 Å². The number of rotatable bonds is 4. The van der Waals surface area contributed by atoms with E-state index in [1.54, 1.807) is 6.92 Å². The van der Waals surface area contributed by atoms with E-state index in [2.05, 4.69) is 20.4 Å². The summed E-state index contributed by atoms with van der Waals surface area (Å²) in [6.07, 6.45) is 0. The third kappa shape index (κ3) is 3.77. The second-order valence-corrected chi connectivity index (χ2v) is 7.26. The van der Waals surface area contributed by atoms with Crippen LogP contribution in [0.15, 0.2) is 47.0 Å². The molecule has 0 aliphatic carbocycles. The Morgan fingerprint density at radius 1 is 1.07 bits per heavy atom. The summed E-state index contributed by atoms with van der Waals surface area (Å²) < 4.78 is 33.1. The Labute approximate surface area is 168 Å². The first-order valence-corrected chi connectivity index (χ1v) is 9.38. The predicted octanol–water partition coefficient (Wildman–Crippen LogP) is 5.01. The first-order valence-electron chi connectivity index (χ1n) is 8.56. The van der Waals surface area contributed by atoms with Crippen molar-refractivity contribution in [3.63, 3.8) is 0 Å². The highest BCUT2D eigenvalue weighted by Crippen LogP contribution is 2.39. The van der Waals surface area contributed by atoms with Crippen molar-refractivity contribution >= 4 is 22.4 Å². The number of carbonyl (C=O) groups excluding carboxylic acids is 1. The van der Waals surface area contributed by atoms with E-state index < -0.39 is 23.1 Å². The molecule has 4 aromatic rings. The molecule has 1 N–H and O–H groups in total. The van der Waals surface area contributed by atoms with Crippen molar-refractivity contribution in [1.82, 2.24) is 15.1 Å². The molecule has 2 aromatic carbocycles. The first-order chi connectivity index (χ1) is 13.9. The van der Waals surface area contributed by atoms with Gasteiger partial charge in [-0.1, -0.05) is 52.4 Å². The van der Waals surface area contributed by atoms with E-state index in [4.69, 9.17) is 4.52 Å². The molecule has 2 heterocycles. The lowest BCUT2D eigenvalue weighted by molar-refractivity contribution is 0.101. The standard InChI is InChI=1S/C20H14F2N4O2S/c1-10-5-3-6-12(9-10)17-16(19-23-11(2)26-28-19)24-20(29-17)25-18(27)15-13(21)7-4-8-14(15)22/h3-9H,1-2H3,(H,24,25,27). The van der Waals surface area contributed by atoms with Crippen molar-refractivity contribution in [2.24, 2.45) is 0 Å². The number of hydrogen-bond acceptors (Lipinski definition) is 6. The monoisotopic (exact) mass is 412 g/mol. The minimum atomic E-state index is -0.953. The molecule has 6 nitrogen and oxygen atoms in total. The quantitative estimate of drug-likeness (QED) is 0.510. The van der Waals surface area contributed by atoms with Crippen LogP contribution in [0.4, 0.5) is 13.9 Å². The number of benzene rings is 2. The number of hydrogen-bond donors (Lipinski definition) is 1. The molecule has 29 heavy (non-hydrogen) atoms. The third-order valence-electron chi connectivity index (χ3n) is 4.05. The third-order valence-corrected chi connectivity index (χ3v) is 5.07. The van der Waals surface area contributed by atoms with Gasteiger partial charge in [-0.05, 0) is 31.5 Å². The number of aryl methyl sites for hydroxylation is 2. The van der Waals surface area contributed by atoms with Crippen LogP contribution in [0, 0.1) is 25.5 Å². The van der Waals surface area contributed by atoms with Crippen LogP contribution in [-0.4, -0.2) is 21.0 Å². The number of amides is 1. The molecule has 9 heteroatoms. The molecular formula is C20H14F2N4O2S. The van der Waals surface area contributed by atoms with Gasteiger partial charge >= 0.3 is 0 Å². The topological polar surface area (TPSA) is 80.9 Å². The van der Waals surface area contributed by atoms with Crippen LogP contribution in [0.5, 0.6) is 0 Å². The Morgan fingerprint density at radius 3 is 2.45 bits per heavy atom. The SMILES string of the molecule is Cc1cccc(-c2sc(NC(=O)c3c(F)cccc3F)nc2-c2nc(C)no2)c1. The van der Waals surface area contributed by atoms with Gasteiger partial charge in [0.05, 0.1) is 4.88 Å². The molecule has 0 aliphatic heterocycles. The molecule has 2 aromatic heterocycles. The normalized spacial score (nSPS) is 10.9. The van der Waals surface area contributed by atoms with Crippen molar-refractivity contribution < 1.29 is 18.1 Å². The molecule has 0 spiro atoms. The van der Waals surface area contributed by atoms with Crippen LogP contribution >= 0.6 is 11.3 Å². The Balaban J connectivity index is 1.76. The summed E-state index contributed by atoms with van der Waals surface area (Å²) in [5.41, 5.74) is 1.58. The van der Waals surface area contributed by atoms with Gasteiger partial charge in [0.25, 0.3) is 11.8 Å². The van der Waals surface area contributed by atoms with Crippen LogP contribution in [0.25, 0.3) is 22.0 Å². The molecule has 0 saturated heterocycles. The van der Waals surface area contributed by atoms with Gasteiger partial charge in [-0.15, -0.1) is 0 Å². The van der Waals surface area contributed by atoms with Crippen LogP contribution in [-0.2, 0) is 0 Å². The Bertz CT molecular complexity index is 1200. The summed E-state index contributed by atoms with van der Waals surface area (Å²) in [6, 6.07) is 10.9. The minimum absolute atomic E-state index is 0.153. The highest BCUT2D eigenvalue weighted by atomic mass is 32.1. The lowest BCUT2D eigenvalue weighted by atomic mass is 10.1. The fourth-order valence-electron chi connectivity index (χ4n) is 2.77. The molecule has 4 rings (SSSR count). The van der Waals surface area contributed by atoms with Gasteiger partial charge < -0.3 is 4.52 Å². The zero-order chi connectivity index (χ0) is 20.5. The van der Waals surface area contributed by atoms with Crippen LogP contribution in [0.3, 0.4) is 0 Å². The zero-order valence-electron chi connectivity index (χ0n) is 15.4. The summed E-state index contributed by atoms with van der Waals surface area (Å²) in [5, 5.41) is 6.39. The van der Waals surface area contributed by atoms with E-state index in [-0.39, 0.29) is 11.0 Å². The van der Waals surface area contributed by atoms with Crippen molar-refractivity contribution in [2.75, 3.05) is 5.32 Å². The van der Waals surface area contributed by atoms with Gasteiger partial charge in [-0.25, -0.2) is 13.8 Å². The Kier molecular flexibility index (Phi) is 4.89. The molecule has 0 aliphatic rings.